The number of amides is 2. The fraction of sp³-hybridized carbons (Fsp3) is 0.154. The number of thiophene rings is 1. The van der Waals surface area contributed by atoms with Gasteiger partial charge in [0.1, 0.15) is 10.8 Å². The second kappa shape index (κ2) is 8.85. The van der Waals surface area contributed by atoms with E-state index in [1.165, 1.54) is 16.2 Å². The van der Waals surface area contributed by atoms with Crippen molar-refractivity contribution in [2.24, 2.45) is 0 Å². The molecule has 1 heterocycles. The Morgan fingerprint density at radius 3 is 2.53 bits per heavy atom. The second-order valence-electron chi connectivity index (χ2n) is 7.69. The molecule has 1 aliphatic rings. The molecule has 0 atom stereocenters. The molecule has 4 aromatic rings. The van der Waals surface area contributed by atoms with Crippen molar-refractivity contribution in [2.75, 3.05) is 17.2 Å². The number of anilines is 2. The molecule has 3 aromatic carbocycles. The first kappa shape index (κ1) is 20.3. The summed E-state index contributed by atoms with van der Waals surface area (Å²) in [5.74, 6) is 0.151. The summed E-state index contributed by atoms with van der Waals surface area (Å²) in [5.41, 5.74) is 2.38. The van der Waals surface area contributed by atoms with Crippen LogP contribution in [0.4, 0.5) is 10.7 Å². The van der Waals surface area contributed by atoms with Gasteiger partial charge in [-0.3, -0.25) is 9.59 Å². The Hall–Kier alpha value is -3.64. The third-order valence-corrected chi connectivity index (χ3v) is 6.76. The van der Waals surface area contributed by atoms with Gasteiger partial charge in [-0.15, -0.1) is 11.3 Å². The zero-order chi connectivity index (χ0) is 21.9. The molecule has 5 nitrogen and oxygen atoms in total. The predicted molar refractivity (Wildman–Crippen MR) is 129 cm³/mol. The highest BCUT2D eigenvalue weighted by Crippen LogP contribution is 2.39. The summed E-state index contributed by atoms with van der Waals surface area (Å²) in [7, 11) is 0. The number of aryl methyl sites for hydroxylation is 1. The quantitative estimate of drug-likeness (QED) is 0.405. The molecule has 6 heteroatoms. The molecule has 0 radical (unpaired) electrons. The van der Waals surface area contributed by atoms with E-state index in [1.54, 1.807) is 12.1 Å². The van der Waals surface area contributed by atoms with Gasteiger partial charge in [0.2, 0.25) is 0 Å². The Balaban J connectivity index is 1.37. The van der Waals surface area contributed by atoms with E-state index in [0.717, 1.165) is 41.3 Å². The van der Waals surface area contributed by atoms with Crippen molar-refractivity contribution in [3.8, 4) is 5.75 Å². The van der Waals surface area contributed by atoms with E-state index in [0.29, 0.717) is 16.3 Å². The van der Waals surface area contributed by atoms with Gasteiger partial charge >= 0.3 is 0 Å². The summed E-state index contributed by atoms with van der Waals surface area (Å²) in [6.07, 6.45) is 2.81. The van der Waals surface area contributed by atoms with Gasteiger partial charge in [0, 0.05) is 16.0 Å². The maximum absolute atomic E-state index is 13.4. The molecular formula is C26H22N2O3S. The molecule has 32 heavy (non-hydrogen) atoms. The first-order valence-corrected chi connectivity index (χ1v) is 11.4. The van der Waals surface area contributed by atoms with Crippen LogP contribution >= 0.6 is 11.3 Å². The molecule has 2 N–H and O–H groups in total. The number of rotatable bonds is 6. The summed E-state index contributed by atoms with van der Waals surface area (Å²) in [6.45, 7) is -0.114. The maximum Gasteiger partial charge on any atom is 0.262 e. The number of fused-ring (bicyclic) bond motifs is 2. The Morgan fingerprint density at radius 2 is 1.66 bits per heavy atom. The minimum absolute atomic E-state index is 0.114. The first-order valence-electron chi connectivity index (χ1n) is 10.6. The van der Waals surface area contributed by atoms with Crippen LogP contribution in [0.15, 0.2) is 72.8 Å². The number of ether oxygens (including phenoxy) is 1. The monoisotopic (exact) mass is 442 g/mol. The van der Waals surface area contributed by atoms with Crippen molar-refractivity contribution in [3.63, 3.8) is 0 Å². The van der Waals surface area contributed by atoms with Crippen molar-refractivity contribution in [2.45, 2.75) is 19.3 Å². The normalized spacial score (nSPS) is 12.4. The van der Waals surface area contributed by atoms with Gasteiger partial charge in [-0.25, -0.2) is 0 Å². The number of carbonyl (C=O) groups excluding carboxylic acids is 2. The van der Waals surface area contributed by atoms with Gasteiger partial charge in [0.15, 0.2) is 6.61 Å². The van der Waals surface area contributed by atoms with Gasteiger partial charge in [0.25, 0.3) is 11.8 Å². The van der Waals surface area contributed by atoms with Crippen molar-refractivity contribution >= 4 is 44.6 Å². The van der Waals surface area contributed by atoms with E-state index in [1.807, 2.05) is 60.7 Å². The number of para-hydroxylation sites is 1. The Kier molecular flexibility index (Phi) is 5.60. The van der Waals surface area contributed by atoms with Crippen LogP contribution in [-0.2, 0) is 17.6 Å². The molecule has 1 aromatic heterocycles. The van der Waals surface area contributed by atoms with Crippen molar-refractivity contribution in [3.05, 3.63) is 88.8 Å². The van der Waals surface area contributed by atoms with Gasteiger partial charge in [-0.2, -0.15) is 0 Å². The van der Waals surface area contributed by atoms with Gasteiger partial charge < -0.3 is 15.4 Å². The Bertz CT molecular complexity index is 1290. The fourth-order valence-corrected chi connectivity index (χ4v) is 5.38. The lowest BCUT2D eigenvalue weighted by Crippen LogP contribution is -2.22. The van der Waals surface area contributed by atoms with Crippen LogP contribution in [0.5, 0.6) is 5.75 Å². The van der Waals surface area contributed by atoms with E-state index in [9.17, 15) is 9.59 Å². The van der Waals surface area contributed by atoms with Crippen LogP contribution < -0.4 is 15.4 Å². The molecule has 0 fully saturated rings. The minimum atomic E-state index is -0.284. The van der Waals surface area contributed by atoms with Crippen LogP contribution in [0.25, 0.3) is 10.8 Å². The zero-order valence-electron chi connectivity index (χ0n) is 17.4. The number of hydrogen-bond donors (Lipinski definition) is 2. The summed E-state index contributed by atoms with van der Waals surface area (Å²) < 4.78 is 5.55. The molecule has 0 bridgehead atoms. The third-order valence-electron chi connectivity index (χ3n) is 5.55. The van der Waals surface area contributed by atoms with E-state index < -0.39 is 0 Å². The average Bonchev–Trinajstić information content (AvgIpc) is 3.39. The summed E-state index contributed by atoms with van der Waals surface area (Å²) in [4.78, 5) is 27.1. The summed E-state index contributed by atoms with van der Waals surface area (Å²) in [6, 6.07) is 23.0. The minimum Gasteiger partial charge on any atom is -0.484 e. The van der Waals surface area contributed by atoms with E-state index in [4.69, 9.17) is 4.74 Å². The highest BCUT2D eigenvalue weighted by molar-refractivity contribution is 7.17. The largest absolute Gasteiger partial charge is 0.484 e. The van der Waals surface area contributed by atoms with Crippen LogP contribution in [0.1, 0.15) is 27.2 Å². The van der Waals surface area contributed by atoms with E-state index >= 15 is 0 Å². The number of nitrogens with one attached hydrogen (secondary N) is 2. The molecule has 0 aliphatic heterocycles. The van der Waals surface area contributed by atoms with Gasteiger partial charge in [0.05, 0.1) is 5.56 Å². The molecule has 0 spiro atoms. The average molecular weight is 443 g/mol. The van der Waals surface area contributed by atoms with Gasteiger partial charge in [-0.05, 0) is 48.4 Å². The molecule has 1 aliphatic carbocycles. The van der Waals surface area contributed by atoms with Crippen LogP contribution in [0.2, 0.25) is 0 Å². The standard InChI is InChI=1S/C26H22N2O3S/c29-23(16-31-18-10-2-1-3-11-18)28-26-24(20-13-7-15-22(20)32-26)25(30)27-21-14-6-9-17-8-4-5-12-19(17)21/h1-6,8-12,14H,7,13,15-16H2,(H,27,30)(H,28,29). The number of benzene rings is 3. The second-order valence-corrected chi connectivity index (χ2v) is 8.80. The molecule has 0 saturated heterocycles. The lowest BCUT2D eigenvalue weighted by molar-refractivity contribution is -0.118. The number of carbonyl (C=O) groups is 2. The highest BCUT2D eigenvalue weighted by atomic mass is 32.1. The first-order chi connectivity index (χ1) is 15.7. The third kappa shape index (κ3) is 4.09. The van der Waals surface area contributed by atoms with E-state index in [2.05, 4.69) is 10.6 Å². The SMILES string of the molecule is O=C(COc1ccccc1)Nc1sc2c(c1C(=O)Nc1cccc3ccccc13)CCC2. The topological polar surface area (TPSA) is 67.4 Å². The Morgan fingerprint density at radius 1 is 0.875 bits per heavy atom. The van der Waals surface area contributed by atoms with Crippen LogP contribution in [0, 0.1) is 0 Å². The number of hydrogen-bond acceptors (Lipinski definition) is 4. The molecule has 0 unspecified atom stereocenters. The van der Waals surface area contributed by atoms with Crippen LogP contribution in [-0.4, -0.2) is 18.4 Å². The lowest BCUT2D eigenvalue weighted by Gasteiger charge is -2.12. The van der Waals surface area contributed by atoms with E-state index in [-0.39, 0.29) is 18.4 Å². The molecule has 160 valence electrons. The fourth-order valence-electron chi connectivity index (χ4n) is 4.08. The Labute approximate surface area is 190 Å². The van der Waals surface area contributed by atoms with Crippen molar-refractivity contribution in [1.82, 2.24) is 0 Å². The zero-order valence-corrected chi connectivity index (χ0v) is 18.2. The van der Waals surface area contributed by atoms with Crippen molar-refractivity contribution in [1.29, 1.82) is 0 Å². The molecule has 2 amide bonds. The summed E-state index contributed by atoms with van der Waals surface area (Å²) in [5, 5.41) is 8.62. The molecule has 5 rings (SSSR count). The summed E-state index contributed by atoms with van der Waals surface area (Å²) >= 11 is 1.49. The smallest absolute Gasteiger partial charge is 0.262 e. The van der Waals surface area contributed by atoms with Gasteiger partial charge in [-0.1, -0.05) is 54.6 Å². The molecular weight excluding hydrogens is 420 g/mol. The lowest BCUT2D eigenvalue weighted by atomic mass is 10.1. The predicted octanol–water partition coefficient (Wildman–Crippen LogP) is 5.66. The maximum atomic E-state index is 13.4. The van der Waals surface area contributed by atoms with Crippen molar-refractivity contribution < 1.29 is 14.3 Å². The highest BCUT2D eigenvalue weighted by Gasteiger charge is 2.27. The van der Waals surface area contributed by atoms with Crippen LogP contribution in [0.3, 0.4) is 0 Å². The molecule has 0 saturated carbocycles.